The lowest BCUT2D eigenvalue weighted by Gasteiger charge is -2.57. The second-order valence-electron chi connectivity index (χ2n) is 9.22. The van der Waals surface area contributed by atoms with Gasteiger partial charge in [0.2, 0.25) is 11.8 Å². The minimum atomic E-state index is -0.197. The molecule has 1 aromatic rings. The predicted molar refractivity (Wildman–Crippen MR) is 96.8 cm³/mol. The Morgan fingerprint density at radius 2 is 1.73 bits per heavy atom. The molecule has 0 unspecified atom stereocenters. The van der Waals surface area contributed by atoms with Crippen molar-refractivity contribution < 1.29 is 9.59 Å². The standard InChI is InChI=1S/C21H27N3O2/c25-19-8-18(13-24(19)12-14-1-3-22-4-2-14)20(26)23-21-9-15-5-16(10-21)7-17(6-15)11-21/h1-4,15-18H,5-13H2,(H,23,26)/t15?,16?,17?,18-,21?/m1/s1. The highest BCUT2D eigenvalue weighted by Crippen LogP contribution is 2.55. The Hall–Kier alpha value is -1.91. The van der Waals surface area contributed by atoms with Crippen LogP contribution in [0.2, 0.25) is 0 Å². The SMILES string of the molecule is O=C(NC12CC3CC(CC(C3)C1)C2)[C@@H]1CC(=O)N(Cc2ccncc2)C1. The highest BCUT2D eigenvalue weighted by atomic mass is 16.2. The number of hydrogen-bond acceptors (Lipinski definition) is 3. The monoisotopic (exact) mass is 353 g/mol. The van der Waals surface area contributed by atoms with E-state index in [1.807, 2.05) is 17.0 Å². The number of nitrogens with one attached hydrogen (secondary N) is 1. The summed E-state index contributed by atoms with van der Waals surface area (Å²) in [7, 11) is 0. The van der Waals surface area contributed by atoms with Gasteiger partial charge in [-0.1, -0.05) is 0 Å². The molecule has 2 amide bonds. The maximum Gasteiger partial charge on any atom is 0.225 e. The van der Waals surface area contributed by atoms with Gasteiger partial charge in [-0.15, -0.1) is 0 Å². The quantitative estimate of drug-likeness (QED) is 0.905. The van der Waals surface area contributed by atoms with Gasteiger partial charge in [-0.05, 0) is 74.0 Å². The lowest BCUT2D eigenvalue weighted by Crippen LogP contribution is -2.60. The third-order valence-corrected chi connectivity index (χ3v) is 7.13. The molecule has 1 aliphatic heterocycles. The van der Waals surface area contributed by atoms with E-state index in [9.17, 15) is 9.59 Å². The Morgan fingerprint density at radius 3 is 2.35 bits per heavy atom. The first-order valence-corrected chi connectivity index (χ1v) is 10.1. The summed E-state index contributed by atoms with van der Waals surface area (Å²) in [6, 6.07) is 3.85. The van der Waals surface area contributed by atoms with E-state index in [4.69, 9.17) is 0 Å². The molecular formula is C21H27N3O2. The van der Waals surface area contributed by atoms with Crippen molar-refractivity contribution in [2.75, 3.05) is 6.54 Å². The third kappa shape index (κ3) is 2.91. The van der Waals surface area contributed by atoms with Gasteiger partial charge in [-0.2, -0.15) is 0 Å². The van der Waals surface area contributed by atoms with Gasteiger partial charge in [0.1, 0.15) is 0 Å². The van der Waals surface area contributed by atoms with E-state index in [1.165, 1.54) is 19.3 Å². The minimum absolute atomic E-state index is 0.0351. The normalized spacial score (nSPS) is 38.0. The van der Waals surface area contributed by atoms with Gasteiger partial charge in [-0.3, -0.25) is 14.6 Å². The van der Waals surface area contributed by atoms with Gasteiger partial charge >= 0.3 is 0 Å². The van der Waals surface area contributed by atoms with Crippen LogP contribution >= 0.6 is 0 Å². The maximum atomic E-state index is 13.0. The molecule has 5 heteroatoms. The van der Waals surface area contributed by atoms with E-state index in [0.29, 0.717) is 19.5 Å². The van der Waals surface area contributed by atoms with E-state index in [1.54, 1.807) is 12.4 Å². The number of carbonyl (C=O) groups excluding carboxylic acids is 2. The van der Waals surface area contributed by atoms with Crippen LogP contribution in [0.25, 0.3) is 0 Å². The Balaban J connectivity index is 1.23. The van der Waals surface area contributed by atoms with E-state index < -0.39 is 0 Å². The number of nitrogens with zero attached hydrogens (tertiary/aromatic N) is 2. The zero-order chi connectivity index (χ0) is 17.7. The molecule has 4 saturated carbocycles. The van der Waals surface area contributed by atoms with E-state index in [0.717, 1.165) is 42.6 Å². The maximum absolute atomic E-state index is 13.0. The number of carbonyl (C=O) groups is 2. The minimum Gasteiger partial charge on any atom is -0.350 e. The summed E-state index contributed by atoms with van der Waals surface area (Å²) in [4.78, 5) is 31.2. The number of amides is 2. The van der Waals surface area contributed by atoms with Crippen LogP contribution in [0.5, 0.6) is 0 Å². The Morgan fingerprint density at radius 1 is 1.12 bits per heavy atom. The molecule has 4 aliphatic carbocycles. The number of rotatable bonds is 4. The molecule has 0 radical (unpaired) electrons. The van der Waals surface area contributed by atoms with Gasteiger partial charge in [-0.25, -0.2) is 0 Å². The second kappa shape index (κ2) is 6.07. The molecule has 0 aromatic carbocycles. The number of likely N-dealkylation sites (tertiary alicyclic amines) is 1. The topological polar surface area (TPSA) is 62.3 Å². The zero-order valence-corrected chi connectivity index (χ0v) is 15.2. The molecule has 26 heavy (non-hydrogen) atoms. The summed E-state index contributed by atoms with van der Waals surface area (Å²) in [6.07, 6.45) is 11.4. The molecule has 6 rings (SSSR count). The average molecular weight is 353 g/mol. The number of aromatic nitrogens is 1. The highest BCUT2D eigenvalue weighted by molar-refractivity contribution is 5.89. The van der Waals surface area contributed by atoms with Gasteiger partial charge in [0.25, 0.3) is 0 Å². The third-order valence-electron chi connectivity index (χ3n) is 7.13. The zero-order valence-electron chi connectivity index (χ0n) is 15.2. The predicted octanol–water partition coefficient (Wildman–Crippen LogP) is 2.52. The average Bonchev–Trinajstić information content (AvgIpc) is 2.95. The van der Waals surface area contributed by atoms with Crippen molar-refractivity contribution in [2.45, 2.75) is 57.0 Å². The molecule has 5 fully saturated rings. The summed E-state index contributed by atoms with van der Waals surface area (Å²) in [6.45, 7) is 1.11. The van der Waals surface area contributed by atoms with Crippen LogP contribution in [0.4, 0.5) is 0 Å². The van der Waals surface area contributed by atoms with Crippen LogP contribution in [-0.2, 0) is 16.1 Å². The van der Waals surface area contributed by atoms with Crippen molar-refractivity contribution in [3.05, 3.63) is 30.1 Å². The van der Waals surface area contributed by atoms with Crippen molar-refractivity contribution in [2.24, 2.45) is 23.7 Å². The van der Waals surface area contributed by atoms with Crippen LogP contribution < -0.4 is 5.32 Å². The molecule has 1 N–H and O–H groups in total. The number of pyridine rings is 1. The van der Waals surface area contributed by atoms with Crippen molar-refractivity contribution in [1.29, 1.82) is 0 Å². The Labute approximate surface area is 154 Å². The van der Waals surface area contributed by atoms with Crippen LogP contribution in [0.15, 0.2) is 24.5 Å². The summed E-state index contributed by atoms with van der Waals surface area (Å²) < 4.78 is 0. The van der Waals surface area contributed by atoms with E-state index in [2.05, 4.69) is 10.3 Å². The Bertz CT molecular complexity index is 682. The lowest BCUT2D eigenvalue weighted by molar-refractivity contribution is -0.132. The number of hydrogen-bond donors (Lipinski definition) is 1. The molecule has 1 saturated heterocycles. The first kappa shape index (κ1) is 16.3. The van der Waals surface area contributed by atoms with Gasteiger partial charge < -0.3 is 10.2 Å². The first-order chi connectivity index (χ1) is 12.6. The van der Waals surface area contributed by atoms with Crippen LogP contribution in [0, 0.1) is 23.7 Å². The molecule has 4 bridgehead atoms. The second-order valence-corrected chi connectivity index (χ2v) is 9.22. The molecule has 138 valence electrons. The smallest absolute Gasteiger partial charge is 0.225 e. The van der Waals surface area contributed by atoms with Crippen molar-refractivity contribution in [3.8, 4) is 0 Å². The molecule has 2 heterocycles. The van der Waals surface area contributed by atoms with E-state index >= 15 is 0 Å². The van der Waals surface area contributed by atoms with Crippen LogP contribution in [0.1, 0.15) is 50.5 Å². The van der Waals surface area contributed by atoms with Crippen molar-refractivity contribution >= 4 is 11.8 Å². The molecule has 5 nitrogen and oxygen atoms in total. The van der Waals surface area contributed by atoms with Crippen molar-refractivity contribution in [3.63, 3.8) is 0 Å². The molecule has 0 spiro atoms. The van der Waals surface area contributed by atoms with Crippen LogP contribution in [0.3, 0.4) is 0 Å². The summed E-state index contributed by atoms with van der Waals surface area (Å²) in [5.41, 5.74) is 1.10. The van der Waals surface area contributed by atoms with Crippen LogP contribution in [-0.4, -0.2) is 33.8 Å². The fourth-order valence-corrected chi connectivity index (χ4v) is 6.44. The molecule has 1 aromatic heterocycles. The molecular weight excluding hydrogens is 326 g/mol. The first-order valence-electron chi connectivity index (χ1n) is 10.1. The summed E-state index contributed by atoms with van der Waals surface area (Å²) in [5, 5.41) is 3.44. The molecule has 1 atom stereocenters. The van der Waals surface area contributed by atoms with Gasteiger partial charge in [0.05, 0.1) is 5.92 Å². The summed E-state index contributed by atoms with van der Waals surface area (Å²) >= 11 is 0. The summed E-state index contributed by atoms with van der Waals surface area (Å²) in [5.74, 6) is 2.45. The molecule has 5 aliphatic rings. The van der Waals surface area contributed by atoms with Crippen molar-refractivity contribution in [1.82, 2.24) is 15.2 Å². The highest BCUT2D eigenvalue weighted by Gasteiger charge is 2.52. The fourth-order valence-electron chi connectivity index (χ4n) is 6.44. The largest absolute Gasteiger partial charge is 0.350 e. The van der Waals surface area contributed by atoms with Gasteiger partial charge in [0, 0.05) is 37.4 Å². The lowest BCUT2D eigenvalue weighted by atomic mass is 9.53. The fraction of sp³-hybridized carbons (Fsp3) is 0.667. The van der Waals surface area contributed by atoms with Gasteiger partial charge in [0.15, 0.2) is 0 Å². The van der Waals surface area contributed by atoms with E-state index in [-0.39, 0.29) is 23.3 Å². The Kier molecular flexibility index (Phi) is 3.80.